The second-order valence-corrected chi connectivity index (χ2v) is 7.90. The Labute approximate surface area is 188 Å². The van der Waals surface area contributed by atoms with Crippen LogP contribution in [0.3, 0.4) is 0 Å². The zero-order chi connectivity index (χ0) is 24.2. The largest absolute Gasteiger partial charge is 0.619 e. The Kier molecular flexibility index (Phi) is 7.42. The van der Waals surface area contributed by atoms with Gasteiger partial charge in [0.2, 0.25) is 5.91 Å². The molecule has 1 aliphatic heterocycles. The van der Waals surface area contributed by atoms with Gasteiger partial charge in [-0.25, -0.2) is 0 Å². The summed E-state index contributed by atoms with van der Waals surface area (Å²) >= 11 is 0. The lowest BCUT2D eigenvalue weighted by Gasteiger charge is -2.27. The SMILES string of the molecule is CC(C)N1C[C@@H](OCc2ccc(OC(F)(F)F)cc2)CN(C(=O)c2ccc[n+]([O-])c2)CC1=O. The highest BCUT2D eigenvalue weighted by Crippen LogP contribution is 2.23. The summed E-state index contributed by atoms with van der Waals surface area (Å²) in [6, 6.07) is 8.08. The molecule has 0 spiro atoms. The van der Waals surface area contributed by atoms with Crippen molar-refractivity contribution in [3.63, 3.8) is 0 Å². The first-order valence-electron chi connectivity index (χ1n) is 10.3. The summed E-state index contributed by atoms with van der Waals surface area (Å²) in [6.07, 6.45) is -2.93. The van der Waals surface area contributed by atoms with E-state index in [9.17, 15) is 28.0 Å². The molecular formula is C22H24F3N3O5. The molecule has 2 heterocycles. The summed E-state index contributed by atoms with van der Waals surface area (Å²) in [4.78, 5) is 28.6. The molecule has 0 unspecified atom stereocenters. The molecule has 0 radical (unpaired) electrons. The van der Waals surface area contributed by atoms with Gasteiger partial charge in [0.05, 0.1) is 12.7 Å². The summed E-state index contributed by atoms with van der Waals surface area (Å²) in [6.45, 7) is 3.95. The van der Waals surface area contributed by atoms with Gasteiger partial charge in [-0.15, -0.1) is 13.2 Å². The first-order valence-corrected chi connectivity index (χ1v) is 10.3. The molecule has 2 amide bonds. The van der Waals surface area contributed by atoms with Gasteiger partial charge in [-0.3, -0.25) is 9.59 Å². The minimum atomic E-state index is -4.77. The molecule has 1 fully saturated rings. The van der Waals surface area contributed by atoms with Crippen molar-refractivity contribution in [3.05, 3.63) is 65.1 Å². The summed E-state index contributed by atoms with van der Waals surface area (Å²) < 4.78 is 47.3. The quantitative estimate of drug-likeness (QED) is 0.482. The molecule has 178 valence electrons. The molecule has 1 aliphatic rings. The summed E-state index contributed by atoms with van der Waals surface area (Å²) in [5.41, 5.74) is 0.752. The normalized spacial score (nSPS) is 17.3. The number of hydrogen-bond donors (Lipinski definition) is 0. The van der Waals surface area contributed by atoms with E-state index in [2.05, 4.69) is 4.74 Å². The van der Waals surface area contributed by atoms with Gasteiger partial charge in [-0.1, -0.05) is 12.1 Å². The Morgan fingerprint density at radius 1 is 1.21 bits per heavy atom. The highest BCUT2D eigenvalue weighted by Gasteiger charge is 2.33. The van der Waals surface area contributed by atoms with Crippen LogP contribution < -0.4 is 9.47 Å². The highest BCUT2D eigenvalue weighted by molar-refractivity contribution is 5.96. The minimum absolute atomic E-state index is 0.0605. The van der Waals surface area contributed by atoms with Gasteiger partial charge in [0.1, 0.15) is 17.9 Å². The third kappa shape index (κ3) is 6.82. The Balaban J connectivity index is 1.72. The first kappa shape index (κ1) is 24.3. The van der Waals surface area contributed by atoms with Gasteiger partial charge in [0.25, 0.3) is 5.91 Å². The predicted molar refractivity (Wildman–Crippen MR) is 110 cm³/mol. The summed E-state index contributed by atoms with van der Waals surface area (Å²) in [5, 5.41) is 11.6. The molecule has 0 bridgehead atoms. The van der Waals surface area contributed by atoms with E-state index in [1.807, 2.05) is 13.8 Å². The van der Waals surface area contributed by atoms with Crippen molar-refractivity contribution >= 4 is 11.8 Å². The summed E-state index contributed by atoms with van der Waals surface area (Å²) in [7, 11) is 0. The van der Waals surface area contributed by atoms with Crippen LogP contribution in [0.1, 0.15) is 29.8 Å². The van der Waals surface area contributed by atoms with Crippen molar-refractivity contribution in [2.45, 2.75) is 39.0 Å². The summed E-state index contributed by atoms with van der Waals surface area (Å²) in [5.74, 6) is -1.06. The van der Waals surface area contributed by atoms with Gasteiger partial charge < -0.3 is 24.5 Å². The number of rotatable bonds is 6. The molecule has 11 heteroatoms. The maximum atomic E-state index is 12.9. The van der Waals surface area contributed by atoms with Gasteiger partial charge in [-0.05, 0) is 37.6 Å². The van der Waals surface area contributed by atoms with Crippen molar-refractivity contribution in [1.29, 1.82) is 0 Å². The van der Waals surface area contributed by atoms with Gasteiger partial charge in [-0.2, -0.15) is 4.73 Å². The van der Waals surface area contributed by atoms with Gasteiger partial charge in [0, 0.05) is 25.2 Å². The number of halogens is 3. The van der Waals surface area contributed by atoms with Crippen LogP contribution in [0.15, 0.2) is 48.8 Å². The average Bonchev–Trinajstić information content (AvgIpc) is 2.90. The number of pyridine rings is 1. The molecule has 0 N–H and O–H groups in total. The third-order valence-corrected chi connectivity index (χ3v) is 5.05. The smallest absolute Gasteiger partial charge is 0.573 e. The van der Waals surface area contributed by atoms with Crippen molar-refractivity contribution < 1.29 is 37.0 Å². The Bertz CT molecular complexity index is 982. The maximum Gasteiger partial charge on any atom is 0.573 e. The molecule has 1 saturated heterocycles. The number of amides is 2. The topological polar surface area (TPSA) is 86.0 Å². The number of nitrogens with zero attached hydrogens (tertiary/aromatic N) is 3. The molecular weight excluding hydrogens is 443 g/mol. The fourth-order valence-corrected chi connectivity index (χ4v) is 3.47. The van der Waals surface area contributed by atoms with Crippen molar-refractivity contribution in [3.8, 4) is 5.75 Å². The molecule has 1 aromatic carbocycles. The molecule has 0 aliphatic carbocycles. The van der Waals surface area contributed by atoms with Crippen LogP contribution in [0.4, 0.5) is 13.2 Å². The number of hydrogen-bond acceptors (Lipinski definition) is 5. The Hall–Kier alpha value is -3.34. The zero-order valence-corrected chi connectivity index (χ0v) is 18.1. The van der Waals surface area contributed by atoms with E-state index in [-0.39, 0.29) is 49.5 Å². The van der Waals surface area contributed by atoms with E-state index < -0.39 is 18.4 Å². The monoisotopic (exact) mass is 467 g/mol. The first-order chi connectivity index (χ1) is 15.5. The van der Waals surface area contributed by atoms with Crippen LogP contribution in [0.5, 0.6) is 5.75 Å². The number of carbonyl (C=O) groups excluding carboxylic acids is 2. The second kappa shape index (κ2) is 10.1. The lowest BCUT2D eigenvalue weighted by molar-refractivity contribution is -0.605. The molecule has 8 nitrogen and oxygen atoms in total. The molecule has 33 heavy (non-hydrogen) atoms. The fraction of sp³-hybridized carbons (Fsp3) is 0.409. The van der Waals surface area contributed by atoms with Crippen molar-refractivity contribution in [2.24, 2.45) is 0 Å². The van der Waals surface area contributed by atoms with Gasteiger partial charge in [0.15, 0.2) is 12.4 Å². The lowest BCUT2D eigenvalue weighted by Crippen LogP contribution is -2.42. The van der Waals surface area contributed by atoms with Crippen molar-refractivity contribution in [1.82, 2.24) is 9.80 Å². The van der Waals surface area contributed by atoms with Crippen LogP contribution >= 0.6 is 0 Å². The van der Waals surface area contributed by atoms with E-state index in [0.29, 0.717) is 10.3 Å². The highest BCUT2D eigenvalue weighted by atomic mass is 19.4. The lowest BCUT2D eigenvalue weighted by atomic mass is 10.2. The molecule has 1 atom stereocenters. The standard InChI is InChI=1S/C22H24F3N3O5/c1-15(2)28-12-19(32-14-16-5-7-18(8-6-16)33-22(23,24)25)11-26(13-20(28)29)21(30)17-4-3-9-27(31)10-17/h3-10,15,19H,11-14H2,1-2H3/t19-/m0/s1. The van der Waals surface area contributed by atoms with E-state index >= 15 is 0 Å². The third-order valence-electron chi connectivity index (χ3n) is 5.05. The predicted octanol–water partition coefficient (Wildman–Crippen LogP) is 2.50. The van der Waals surface area contributed by atoms with Crippen LogP contribution in [-0.4, -0.2) is 59.8 Å². The fourth-order valence-electron chi connectivity index (χ4n) is 3.47. The number of ether oxygens (including phenoxy) is 2. The molecule has 3 rings (SSSR count). The Morgan fingerprint density at radius 3 is 2.52 bits per heavy atom. The molecule has 1 aromatic heterocycles. The number of alkyl halides is 3. The Morgan fingerprint density at radius 2 is 1.91 bits per heavy atom. The van der Waals surface area contributed by atoms with Crippen LogP contribution in [0.25, 0.3) is 0 Å². The van der Waals surface area contributed by atoms with E-state index in [4.69, 9.17) is 4.74 Å². The van der Waals surface area contributed by atoms with E-state index in [0.717, 1.165) is 6.20 Å². The number of aromatic nitrogens is 1. The maximum absolute atomic E-state index is 12.9. The van der Waals surface area contributed by atoms with E-state index in [1.165, 1.54) is 47.5 Å². The van der Waals surface area contributed by atoms with Crippen molar-refractivity contribution in [2.75, 3.05) is 19.6 Å². The second-order valence-electron chi connectivity index (χ2n) is 7.90. The van der Waals surface area contributed by atoms with Gasteiger partial charge >= 0.3 is 6.36 Å². The molecule has 0 saturated carbocycles. The van der Waals surface area contributed by atoms with Crippen LogP contribution in [-0.2, 0) is 16.1 Å². The zero-order valence-electron chi connectivity index (χ0n) is 18.1. The minimum Gasteiger partial charge on any atom is -0.619 e. The molecule has 2 aromatic rings. The average molecular weight is 467 g/mol. The number of carbonyl (C=O) groups is 2. The van der Waals surface area contributed by atoms with Crippen LogP contribution in [0.2, 0.25) is 0 Å². The van der Waals surface area contributed by atoms with E-state index in [1.54, 1.807) is 4.90 Å². The number of benzene rings is 1. The van der Waals surface area contributed by atoms with Crippen LogP contribution in [0, 0.1) is 5.21 Å².